The van der Waals surface area contributed by atoms with E-state index < -0.39 is 0 Å². The normalized spacial score (nSPS) is 13.6. The number of fused-ring (bicyclic) bond motifs is 14. The summed E-state index contributed by atoms with van der Waals surface area (Å²) < 4.78 is 19.0. The minimum absolute atomic E-state index is 0.0394. The molecule has 370 valence electrons. The van der Waals surface area contributed by atoms with Crippen LogP contribution in [0.25, 0.3) is 120 Å². The van der Waals surface area contributed by atoms with Crippen LogP contribution in [-0.4, -0.2) is 9.13 Å². The first-order chi connectivity index (χ1) is 34.8. The van der Waals surface area contributed by atoms with Crippen molar-refractivity contribution in [2.75, 3.05) is 0 Å². The Bertz CT molecular complexity index is 4230. The first-order valence-electron chi connectivity index (χ1n) is 26.7. The van der Waals surface area contributed by atoms with Gasteiger partial charge in [0.05, 0.1) is 22.1 Å². The number of rotatable bonds is 2. The minimum Gasteiger partial charge on any atom is -0.456 e. The molecule has 0 radical (unpaired) electrons. The highest BCUT2D eigenvalue weighted by Crippen LogP contribution is 2.47. The lowest BCUT2D eigenvalue weighted by molar-refractivity contribution is 0.577. The Morgan fingerprint density at radius 1 is 0.284 bits per heavy atom. The van der Waals surface area contributed by atoms with E-state index >= 15 is 0 Å². The van der Waals surface area contributed by atoms with E-state index in [1.165, 1.54) is 82.2 Å². The Morgan fingerprint density at radius 3 is 1.04 bits per heavy atom. The van der Waals surface area contributed by atoms with Crippen molar-refractivity contribution in [1.82, 2.24) is 9.13 Å². The van der Waals surface area contributed by atoms with Crippen molar-refractivity contribution < 1.29 is 8.83 Å². The quantitative estimate of drug-likeness (QED) is 0.173. The molecule has 0 aliphatic heterocycles. The van der Waals surface area contributed by atoms with E-state index in [1.54, 1.807) is 0 Å². The van der Waals surface area contributed by atoms with Crippen molar-refractivity contribution in [3.8, 4) is 11.4 Å². The predicted octanol–water partition coefficient (Wildman–Crippen LogP) is 20.5. The average molecular weight is 969 g/mol. The third-order valence-corrected chi connectivity index (χ3v) is 16.3. The molecule has 0 bridgehead atoms. The van der Waals surface area contributed by atoms with E-state index in [2.05, 4.69) is 253 Å². The number of nitrogens with zero attached hydrogens (tertiary/aromatic N) is 2. The van der Waals surface area contributed by atoms with E-state index in [1.807, 2.05) is 0 Å². The topological polar surface area (TPSA) is 36.1 Å². The molecule has 0 unspecified atom stereocenters. The third-order valence-electron chi connectivity index (χ3n) is 16.3. The van der Waals surface area contributed by atoms with E-state index in [9.17, 15) is 0 Å². The zero-order valence-corrected chi connectivity index (χ0v) is 46.0. The molecular formula is C70H68N2O2. The standard InChI is InChI=1S/C70H68N2O2/c1-66(2,3)43-18-24-56-49(34-43)50-35-44(67(4,5)6)19-25-57(50)71(56)47-22-16-39-30-53-54-38-62-63(64(70(13,14)15)65(54)74-60(53)32-41(39)28-47)55-31-40-17-23-48(29-42(40)33-61(55)73-62)72-58-26-20-45(68(7,8)9)36-51(58)52-37-46(69(10,11)12)21-27-59(52)72/h16-38H,1-15H3. The fourth-order valence-corrected chi connectivity index (χ4v) is 12.1. The van der Waals surface area contributed by atoms with Crippen LogP contribution in [0.2, 0.25) is 0 Å². The Labute approximate surface area is 434 Å². The van der Waals surface area contributed by atoms with Crippen molar-refractivity contribution >= 4 is 109 Å². The summed E-state index contributed by atoms with van der Waals surface area (Å²) in [4.78, 5) is 0. The third kappa shape index (κ3) is 7.07. The summed E-state index contributed by atoms with van der Waals surface area (Å²) in [7, 11) is 0. The van der Waals surface area contributed by atoms with Crippen molar-refractivity contribution in [3.05, 3.63) is 167 Å². The summed E-state index contributed by atoms with van der Waals surface area (Å²) in [6.07, 6.45) is 0. The van der Waals surface area contributed by atoms with Gasteiger partial charge in [0.25, 0.3) is 0 Å². The molecule has 0 spiro atoms. The fraction of sp³-hybridized carbons (Fsp3) is 0.286. The second-order valence-electron chi connectivity index (χ2n) is 26.8. The smallest absolute Gasteiger partial charge is 0.140 e. The first kappa shape index (κ1) is 46.5. The summed E-state index contributed by atoms with van der Waals surface area (Å²) in [5, 5.41) is 14.2. The molecule has 0 N–H and O–H groups in total. The molecule has 13 aromatic rings. The Kier molecular flexibility index (Phi) is 9.52. The molecule has 0 aliphatic carbocycles. The summed E-state index contributed by atoms with van der Waals surface area (Å²) in [5.74, 6) is 0. The fourth-order valence-electron chi connectivity index (χ4n) is 12.1. The lowest BCUT2D eigenvalue weighted by atomic mass is 9.82. The summed E-state index contributed by atoms with van der Waals surface area (Å²) >= 11 is 0. The van der Waals surface area contributed by atoms with Gasteiger partial charge in [0.2, 0.25) is 0 Å². The van der Waals surface area contributed by atoms with Gasteiger partial charge in [0, 0.05) is 60.0 Å². The molecule has 4 nitrogen and oxygen atoms in total. The van der Waals surface area contributed by atoms with Crippen LogP contribution in [0.1, 0.15) is 132 Å². The monoisotopic (exact) mass is 969 g/mol. The maximum Gasteiger partial charge on any atom is 0.140 e. The molecule has 0 amide bonds. The van der Waals surface area contributed by atoms with Gasteiger partial charge in [-0.25, -0.2) is 0 Å². The zero-order chi connectivity index (χ0) is 51.9. The highest BCUT2D eigenvalue weighted by Gasteiger charge is 2.29. The van der Waals surface area contributed by atoms with Gasteiger partial charge in [-0.2, -0.15) is 0 Å². The minimum atomic E-state index is -0.250. The van der Waals surface area contributed by atoms with Gasteiger partial charge in [-0.3, -0.25) is 0 Å². The molecular weight excluding hydrogens is 901 g/mol. The van der Waals surface area contributed by atoms with Crippen LogP contribution in [0, 0.1) is 0 Å². The molecule has 4 aromatic heterocycles. The van der Waals surface area contributed by atoms with Crippen molar-refractivity contribution in [2.24, 2.45) is 0 Å². The number of aromatic nitrogens is 2. The molecule has 13 rings (SSSR count). The van der Waals surface area contributed by atoms with Gasteiger partial charge < -0.3 is 18.0 Å². The lowest BCUT2D eigenvalue weighted by Crippen LogP contribution is -2.12. The maximum absolute atomic E-state index is 7.12. The number of hydrogen-bond acceptors (Lipinski definition) is 2. The number of hydrogen-bond donors (Lipinski definition) is 0. The first-order valence-corrected chi connectivity index (χ1v) is 26.7. The second-order valence-corrected chi connectivity index (χ2v) is 26.8. The van der Waals surface area contributed by atoms with E-state index in [4.69, 9.17) is 8.83 Å². The van der Waals surface area contributed by atoms with E-state index in [0.29, 0.717) is 0 Å². The highest BCUT2D eigenvalue weighted by atomic mass is 16.3. The Balaban J connectivity index is 0.961. The number of benzene rings is 9. The van der Waals surface area contributed by atoms with Crippen molar-refractivity contribution in [3.63, 3.8) is 0 Å². The van der Waals surface area contributed by atoms with Crippen LogP contribution in [-0.2, 0) is 27.1 Å². The highest BCUT2D eigenvalue weighted by molar-refractivity contribution is 6.21. The molecule has 9 aromatic carbocycles. The van der Waals surface area contributed by atoms with E-state index in [-0.39, 0.29) is 27.1 Å². The summed E-state index contributed by atoms with van der Waals surface area (Å²) in [5.41, 5.74) is 17.2. The van der Waals surface area contributed by atoms with E-state index in [0.717, 1.165) is 66.0 Å². The van der Waals surface area contributed by atoms with Crippen LogP contribution in [0.5, 0.6) is 0 Å². The second kappa shape index (κ2) is 15.2. The molecule has 0 atom stereocenters. The maximum atomic E-state index is 7.12. The largest absolute Gasteiger partial charge is 0.456 e. The summed E-state index contributed by atoms with van der Waals surface area (Å²) in [6.45, 7) is 34.5. The molecule has 4 heteroatoms. The molecule has 0 saturated carbocycles. The van der Waals surface area contributed by atoms with Crippen LogP contribution >= 0.6 is 0 Å². The van der Waals surface area contributed by atoms with Crippen LogP contribution < -0.4 is 0 Å². The van der Waals surface area contributed by atoms with Gasteiger partial charge in [-0.15, -0.1) is 0 Å². The van der Waals surface area contributed by atoms with Gasteiger partial charge in [0.1, 0.15) is 22.3 Å². The molecule has 74 heavy (non-hydrogen) atoms. The van der Waals surface area contributed by atoms with Crippen molar-refractivity contribution in [1.29, 1.82) is 0 Å². The number of furan rings is 2. The summed E-state index contributed by atoms with van der Waals surface area (Å²) in [6, 6.07) is 53.4. The molecule has 0 saturated heterocycles. The zero-order valence-electron chi connectivity index (χ0n) is 46.0. The van der Waals surface area contributed by atoms with Crippen LogP contribution in [0.15, 0.2) is 148 Å². The molecule has 0 aliphatic rings. The lowest BCUT2D eigenvalue weighted by Gasteiger charge is -2.20. The van der Waals surface area contributed by atoms with Crippen molar-refractivity contribution in [2.45, 2.75) is 131 Å². The molecule has 0 fully saturated rings. The average Bonchev–Trinajstić information content (AvgIpc) is 4.06. The predicted molar refractivity (Wildman–Crippen MR) is 318 cm³/mol. The van der Waals surface area contributed by atoms with Crippen LogP contribution in [0.4, 0.5) is 0 Å². The molecule has 4 heterocycles. The van der Waals surface area contributed by atoms with Gasteiger partial charge in [-0.1, -0.05) is 140 Å². The van der Waals surface area contributed by atoms with Gasteiger partial charge in [-0.05, 0) is 174 Å². The van der Waals surface area contributed by atoms with Gasteiger partial charge in [0.15, 0.2) is 0 Å². The Morgan fingerprint density at radius 2 is 0.662 bits per heavy atom. The Hall–Kier alpha value is -7.30. The van der Waals surface area contributed by atoms with Gasteiger partial charge >= 0.3 is 0 Å². The van der Waals surface area contributed by atoms with Crippen LogP contribution in [0.3, 0.4) is 0 Å². The SMILES string of the molecule is CC(C)(C)c1ccc2c(c1)c1cc(C(C)(C)C)ccc1n2-c1ccc2cc3c(cc2c1)oc1c(C(C)(C)C)c2c(cc13)oc1cc3cc(-n4c5ccc(C(C)(C)C)cc5c5cc(C(C)(C)C)ccc54)ccc3cc12.